The molecule has 0 radical (unpaired) electrons. The lowest BCUT2D eigenvalue weighted by molar-refractivity contribution is 0.0916. The quantitative estimate of drug-likeness (QED) is 0.853. The molecule has 2 nitrogen and oxygen atoms in total. The number of likely N-dealkylation sites (N-methyl/N-ethyl adjacent to an activating group) is 2. The van der Waals surface area contributed by atoms with Gasteiger partial charge >= 0.3 is 0 Å². The highest BCUT2D eigenvalue weighted by Gasteiger charge is 2.38. The van der Waals surface area contributed by atoms with Crippen LogP contribution in [-0.4, -0.2) is 31.6 Å². The molecule has 108 valence electrons. The van der Waals surface area contributed by atoms with Gasteiger partial charge in [-0.15, -0.1) is 0 Å². The van der Waals surface area contributed by atoms with Crippen LogP contribution in [0.25, 0.3) is 0 Å². The maximum atomic E-state index is 13.5. The Bertz CT molecular complexity index is 415. The zero-order chi connectivity index (χ0) is 14.6. The minimum Gasteiger partial charge on any atom is -0.311 e. The van der Waals surface area contributed by atoms with Crippen molar-refractivity contribution in [2.24, 2.45) is 0 Å². The van der Waals surface area contributed by atoms with Crippen molar-refractivity contribution in [1.29, 1.82) is 0 Å². The SMILES string of the molecule is CCC(CC)(C(NC)c1ccc(F)c(F)c1)N(C)C. The van der Waals surface area contributed by atoms with Crippen molar-refractivity contribution in [2.75, 3.05) is 21.1 Å². The van der Waals surface area contributed by atoms with Crippen LogP contribution in [0.3, 0.4) is 0 Å². The van der Waals surface area contributed by atoms with E-state index in [0.717, 1.165) is 18.4 Å². The van der Waals surface area contributed by atoms with Gasteiger partial charge in [0.2, 0.25) is 0 Å². The first-order chi connectivity index (χ1) is 8.92. The summed E-state index contributed by atoms with van der Waals surface area (Å²) in [4.78, 5) is 2.16. The average Bonchev–Trinajstić information content (AvgIpc) is 2.39. The zero-order valence-corrected chi connectivity index (χ0v) is 12.4. The molecule has 0 spiro atoms. The van der Waals surface area contributed by atoms with Crippen LogP contribution in [0, 0.1) is 11.6 Å². The number of nitrogens with zero attached hydrogens (tertiary/aromatic N) is 1. The third kappa shape index (κ3) is 2.95. The third-order valence-corrected chi connectivity index (χ3v) is 4.22. The molecule has 0 amide bonds. The Morgan fingerprint density at radius 1 is 1.16 bits per heavy atom. The molecule has 1 aromatic rings. The van der Waals surface area contributed by atoms with Crippen molar-refractivity contribution in [1.82, 2.24) is 10.2 Å². The van der Waals surface area contributed by atoms with Crippen LogP contribution < -0.4 is 5.32 Å². The molecule has 19 heavy (non-hydrogen) atoms. The van der Waals surface area contributed by atoms with Gasteiger partial charge in [0.15, 0.2) is 11.6 Å². The smallest absolute Gasteiger partial charge is 0.159 e. The summed E-state index contributed by atoms with van der Waals surface area (Å²) in [6, 6.07) is 4.09. The van der Waals surface area contributed by atoms with E-state index in [4.69, 9.17) is 0 Å². The van der Waals surface area contributed by atoms with E-state index in [2.05, 4.69) is 24.1 Å². The summed E-state index contributed by atoms with van der Waals surface area (Å²) in [5.41, 5.74) is 0.651. The van der Waals surface area contributed by atoms with Crippen molar-refractivity contribution < 1.29 is 8.78 Å². The Balaban J connectivity index is 3.27. The molecule has 1 rings (SSSR count). The van der Waals surface area contributed by atoms with Gasteiger partial charge in [-0.05, 0) is 51.7 Å². The van der Waals surface area contributed by atoms with E-state index in [0.29, 0.717) is 0 Å². The van der Waals surface area contributed by atoms with Crippen LogP contribution in [0.4, 0.5) is 8.78 Å². The molecule has 1 N–H and O–H groups in total. The van der Waals surface area contributed by atoms with E-state index in [9.17, 15) is 8.78 Å². The number of hydrogen-bond acceptors (Lipinski definition) is 2. The minimum atomic E-state index is -0.804. The molecule has 4 heteroatoms. The molecule has 0 saturated heterocycles. The van der Waals surface area contributed by atoms with Crippen LogP contribution >= 0.6 is 0 Å². The maximum Gasteiger partial charge on any atom is 0.159 e. The largest absolute Gasteiger partial charge is 0.311 e. The van der Waals surface area contributed by atoms with E-state index < -0.39 is 11.6 Å². The van der Waals surface area contributed by atoms with Crippen LogP contribution in [0.2, 0.25) is 0 Å². The topological polar surface area (TPSA) is 15.3 Å². The minimum absolute atomic E-state index is 0.0485. The van der Waals surface area contributed by atoms with E-state index in [1.807, 2.05) is 21.1 Å². The summed E-state index contributed by atoms with van der Waals surface area (Å²) in [6.45, 7) is 4.24. The molecule has 0 aliphatic heterocycles. The number of hydrogen-bond donors (Lipinski definition) is 1. The first kappa shape index (κ1) is 16.1. The molecule has 0 aromatic heterocycles. The Kier molecular flexibility index (Phi) is 5.44. The molecule has 0 fully saturated rings. The number of rotatable bonds is 6. The highest BCUT2D eigenvalue weighted by atomic mass is 19.2. The average molecular weight is 270 g/mol. The van der Waals surface area contributed by atoms with Gasteiger partial charge in [-0.3, -0.25) is 0 Å². The monoisotopic (exact) mass is 270 g/mol. The van der Waals surface area contributed by atoms with Crippen molar-refractivity contribution in [2.45, 2.75) is 38.3 Å². The van der Waals surface area contributed by atoms with Gasteiger partial charge in [0.05, 0.1) is 6.04 Å². The summed E-state index contributed by atoms with van der Waals surface area (Å²) in [5.74, 6) is -1.60. The Labute approximate surface area is 114 Å². The number of benzene rings is 1. The molecular formula is C15H24F2N2. The summed E-state index contributed by atoms with van der Waals surface area (Å²) in [6.07, 6.45) is 1.84. The third-order valence-electron chi connectivity index (χ3n) is 4.22. The van der Waals surface area contributed by atoms with E-state index >= 15 is 0 Å². The Hall–Kier alpha value is -1.00. The fraction of sp³-hybridized carbons (Fsp3) is 0.600. The standard InChI is InChI=1S/C15H24F2N2/c1-6-15(7-2,19(4)5)14(18-3)11-8-9-12(16)13(17)10-11/h8-10,14,18H,6-7H2,1-5H3. The first-order valence-corrected chi connectivity index (χ1v) is 6.72. The number of nitrogens with one attached hydrogen (secondary N) is 1. The first-order valence-electron chi connectivity index (χ1n) is 6.72. The van der Waals surface area contributed by atoms with Gasteiger partial charge in [0.1, 0.15) is 0 Å². The molecule has 1 atom stereocenters. The van der Waals surface area contributed by atoms with E-state index in [1.165, 1.54) is 12.1 Å². The van der Waals surface area contributed by atoms with Crippen LogP contribution in [-0.2, 0) is 0 Å². The molecular weight excluding hydrogens is 246 g/mol. The molecule has 1 aromatic carbocycles. The lowest BCUT2D eigenvalue weighted by Gasteiger charge is -2.45. The van der Waals surface area contributed by atoms with Gasteiger partial charge in [-0.2, -0.15) is 0 Å². The Morgan fingerprint density at radius 3 is 2.11 bits per heavy atom. The van der Waals surface area contributed by atoms with Crippen molar-refractivity contribution in [3.63, 3.8) is 0 Å². The van der Waals surface area contributed by atoms with Crippen molar-refractivity contribution in [3.05, 3.63) is 35.4 Å². The highest BCUT2D eigenvalue weighted by Crippen LogP contribution is 2.36. The molecule has 0 heterocycles. The van der Waals surface area contributed by atoms with Gasteiger partial charge in [0.25, 0.3) is 0 Å². The van der Waals surface area contributed by atoms with E-state index in [-0.39, 0.29) is 11.6 Å². The summed E-state index contributed by atoms with van der Waals surface area (Å²) >= 11 is 0. The molecule has 0 aliphatic carbocycles. The predicted molar refractivity (Wildman–Crippen MR) is 75.2 cm³/mol. The molecule has 0 bridgehead atoms. The van der Waals surface area contributed by atoms with Gasteiger partial charge in [-0.25, -0.2) is 8.78 Å². The second-order valence-electron chi connectivity index (χ2n) is 5.10. The van der Waals surface area contributed by atoms with Gasteiger partial charge < -0.3 is 10.2 Å². The maximum absolute atomic E-state index is 13.5. The summed E-state index contributed by atoms with van der Waals surface area (Å²) in [7, 11) is 5.91. The van der Waals surface area contributed by atoms with Crippen LogP contribution in [0.15, 0.2) is 18.2 Å². The lowest BCUT2D eigenvalue weighted by Crippen LogP contribution is -2.52. The fourth-order valence-electron chi connectivity index (χ4n) is 2.99. The normalized spacial score (nSPS) is 13.9. The molecule has 0 aliphatic rings. The second-order valence-corrected chi connectivity index (χ2v) is 5.10. The predicted octanol–water partition coefficient (Wildman–Crippen LogP) is 3.35. The fourth-order valence-corrected chi connectivity index (χ4v) is 2.99. The second kappa shape index (κ2) is 6.44. The number of halogens is 2. The van der Waals surface area contributed by atoms with Crippen molar-refractivity contribution in [3.8, 4) is 0 Å². The lowest BCUT2D eigenvalue weighted by atomic mass is 9.79. The van der Waals surface area contributed by atoms with Crippen molar-refractivity contribution >= 4 is 0 Å². The van der Waals surface area contributed by atoms with Crippen LogP contribution in [0.1, 0.15) is 38.3 Å². The highest BCUT2D eigenvalue weighted by molar-refractivity contribution is 5.25. The molecule has 1 unspecified atom stereocenters. The van der Waals surface area contributed by atoms with Gasteiger partial charge in [0, 0.05) is 5.54 Å². The van der Waals surface area contributed by atoms with Crippen LogP contribution in [0.5, 0.6) is 0 Å². The zero-order valence-electron chi connectivity index (χ0n) is 12.4. The van der Waals surface area contributed by atoms with Gasteiger partial charge in [-0.1, -0.05) is 19.9 Å². The summed E-state index contributed by atoms with van der Waals surface area (Å²) < 4.78 is 26.5. The summed E-state index contributed by atoms with van der Waals surface area (Å²) in [5, 5.41) is 3.26. The molecule has 0 saturated carbocycles. The van der Waals surface area contributed by atoms with E-state index in [1.54, 1.807) is 6.07 Å². The Morgan fingerprint density at radius 2 is 1.74 bits per heavy atom.